The van der Waals surface area contributed by atoms with Crippen LogP contribution in [-0.2, 0) is 10.3 Å². The van der Waals surface area contributed by atoms with Crippen molar-refractivity contribution in [2.75, 3.05) is 33.2 Å². The highest BCUT2D eigenvalue weighted by molar-refractivity contribution is 6.04. The monoisotopic (exact) mass is 426 g/mol. The van der Waals surface area contributed by atoms with E-state index in [1.54, 1.807) is 0 Å². The molecule has 31 heavy (non-hydrogen) atoms. The van der Waals surface area contributed by atoms with Gasteiger partial charge in [0.2, 0.25) is 0 Å². The second kappa shape index (κ2) is 8.48. The van der Waals surface area contributed by atoms with E-state index in [0.29, 0.717) is 12.1 Å². The fraction of sp³-hybridized carbons (Fsp3) is 0.417. The molecular formula is C24H28F2N4O. The standard InChI is InChI=1S/C24H28F2N4O/c1-17(29-13-11-28(3)12-14-29)23(31)30-24(2,18-7-5-4-6-8-18)16-22(27-30)20-15-19(25)9-10-21(20)26/h4-10,15,17H,11-14,16H2,1-3H3. The van der Waals surface area contributed by atoms with E-state index in [0.717, 1.165) is 49.9 Å². The molecule has 7 heteroatoms. The number of carbonyl (C=O) groups excluding carboxylic acids is 1. The first-order valence-electron chi connectivity index (χ1n) is 10.6. The molecule has 0 saturated carbocycles. The number of rotatable bonds is 4. The largest absolute Gasteiger partial charge is 0.304 e. The molecule has 0 spiro atoms. The molecule has 4 rings (SSSR count). The summed E-state index contributed by atoms with van der Waals surface area (Å²) in [4.78, 5) is 18.0. The molecule has 0 aromatic heterocycles. The summed E-state index contributed by atoms with van der Waals surface area (Å²) < 4.78 is 28.4. The van der Waals surface area contributed by atoms with Crippen molar-refractivity contribution < 1.29 is 13.6 Å². The number of benzene rings is 2. The molecule has 1 saturated heterocycles. The van der Waals surface area contributed by atoms with Gasteiger partial charge in [0.1, 0.15) is 11.6 Å². The lowest BCUT2D eigenvalue weighted by molar-refractivity contribution is -0.142. The van der Waals surface area contributed by atoms with E-state index in [1.165, 1.54) is 5.01 Å². The minimum Gasteiger partial charge on any atom is -0.304 e. The molecule has 0 N–H and O–H groups in total. The Morgan fingerprint density at radius 1 is 1.06 bits per heavy atom. The number of hydrogen-bond donors (Lipinski definition) is 0. The van der Waals surface area contributed by atoms with Crippen LogP contribution in [0.3, 0.4) is 0 Å². The molecule has 164 valence electrons. The van der Waals surface area contributed by atoms with Crippen molar-refractivity contribution in [1.29, 1.82) is 0 Å². The zero-order valence-electron chi connectivity index (χ0n) is 18.2. The van der Waals surface area contributed by atoms with Gasteiger partial charge in [-0.1, -0.05) is 30.3 Å². The smallest absolute Gasteiger partial charge is 0.260 e. The summed E-state index contributed by atoms with van der Waals surface area (Å²) in [5, 5.41) is 6.07. The van der Waals surface area contributed by atoms with Crippen molar-refractivity contribution in [2.24, 2.45) is 5.10 Å². The molecule has 0 radical (unpaired) electrons. The Bertz CT molecular complexity index is 988. The molecule has 2 aliphatic heterocycles. The number of hydrogen-bond acceptors (Lipinski definition) is 4. The highest BCUT2D eigenvalue weighted by Crippen LogP contribution is 2.40. The van der Waals surface area contributed by atoms with Crippen molar-refractivity contribution in [3.63, 3.8) is 0 Å². The van der Waals surface area contributed by atoms with Crippen molar-refractivity contribution in [1.82, 2.24) is 14.8 Å². The maximum absolute atomic E-state index is 14.5. The van der Waals surface area contributed by atoms with Crippen LogP contribution < -0.4 is 0 Å². The lowest BCUT2D eigenvalue weighted by atomic mass is 9.85. The molecule has 2 aromatic rings. The van der Waals surface area contributed by atoms with Crippen LogP contribution in [0.15, 0.2) is 53.6 Å². The third-order valence-electron chi connectivity index (χ3n) is 6.49. The third-order valence-corrected chi connectivity index (χ3v) is 6.49. The lowest BCUT2D eigenvalue weighted by Crippen LogP contribution is -2.55. The predicted molar refractivity (Wildman–Crippen MR) is 117 cm³/mol. The summed E-state index contributed by atoms with van der Waals surface area (Å²) >= 11 is 0. The van der Waals surface area contributed by atoms with Crippen LogP contribution in [0, 0.1) is 11.6 Å². The van der Waals surface area contributed by atoms with Crippen LogP contribution in [0.2, 0.25) is 0 Å². The molecule has 0 aliphatic carbocycles. The van der Waals surface area contributed by atoms with E-state index in [1.807, 2.05) is 44.2 Å². The third kappa shape index (κ3) is 4.12. The van der Waals surface area contributed by atoms with Gasteiger partial charge in [-0.2, -0.15) is 5.10 Å². The van der Waals surface area contributed by atoms with Crippen molar-refractivity contribution in [3.05, 3.63) is 71.3 Å². The molecule has 1 amide bonds. The lowest BCUT2D eigenvalue weighted by Gasteiger charge is -2.40. The van der Waals surface area contributed by atoms with Crippen molar-refractivity contribution >= 4 is 11.6 Å². The number of amides is 1. The van der Waals surface area contributed by atoms with Gasteiger partial charge in [0.15, 0.2) is 0 Å². The van der Waals surface area contributed by atoms with Gasteiger partial charge in [-0.15, -0.1) is 0 Å². The van der Waals surface area contributed by atoms with Gasteiger partial charge in [-0.05, 0) is 44.7 Å². The first kappa shape index (κ1) is 21.6. The Morgan fingerprint density at radius 2 is 1.74 bits per heavy atom. The molecule has 2 heterocycles. The topological polar surface area (TPSA) is 39.2 Å². The molecule has 1 fully saturated rings. The Hall–Kier alpha value is -2.64. The minimum absolute atomic E-state index is 0.102. The van der Waals surface area contributed by atoms with Gasteiger partial charge >= 0.3 is 0 Å². The molecule has 0 bridgehead atoms. The van der Waals surface area contributed by atoms with E-state index in [-0.39, 0.29) is 17.5 Å². The summed E-state index contributed by atoms with van der Waals surface area (Å²) in [5.74, 6) is -1.21. The first-order valence-corrected chi connectivity index (χ1v) is 10.6. The summed E-state index contributed by atoms with van der Waals surface area (Å²) in [6.07, 6.45) is 0.304. The maximum Gasteiger partial charge on any atom is 0.260 e. The summed E-state index contributed by atoms with van der Waals surface area (Å²) in [6, 6.07) is 12.6. The normalized spacial score (nSPS) is 23.6. The summed E-state index contributed by atoms with van der Waals surface area (Å²) in [5.41, 5.74) is 0.601. The average molecular weight is 427 g/mol. The zero-order chi connectivity index (χ0) is 22.2. The highest BCUT2D eigenvalue weighted by atomic mass is 19.1. The van der Waals surface area contributed by atoms with Crippen LogP contribution in [0.1, 0.15) is 31.4 Å². The van der Waals surface area contributed by atoms with Gasteiger partial charge < -0.3 is 4.90 Å². The molecule has 2 unspecified atom stereocenters. The van der Waals surface area contributed by atoms with Gasteiger partial charge in [-0.25, -0.2) is 13.8 Å². The SMILES string of the molecule is CC(C(=O)N1N=C(c2cc(F)ccc2F)CC1(C)c1ccccc1)N1CCN(C)CC1. The Labute approximate surface area is 181 Å². The Kier molecular flexibility index (Phi) is 5.90. The van der Waals surface area contributed by atoms with Gasteiger partial charge in [0.05, 0.1) is 17.3 Å². The molecular weight excluding hydrogens is 398 g/mol. The van der Waals surface area contributed by atoms with Crippen LogP contribution in [0.5, 0.6) is 0 Å². The highest BCUT2D eigenvalue weighted by Gasteiger charge is 2.46. The molecule has 5 nitrogen and oxygen atoms in total. The fourth-order valence-electron chi connectivity index (χ4n) is 4.39. The Morgan fingerprint density at radius 3 is 2.42 bits per heavy atom. The zero-order valence-corrected chi connectivity index (χ0v) is 18.2. The van der Waals surface area contributed by atoms with Gasteiger partial charge in [0, 0.05) is 38.2 Å². The Balaban J connectivity index is 1.70. The molecule has 2 atom stereocenters. The quantitative estimate of drug-likeness (QED) is 0.752. The van der Waals surface area contributed by atoms with Crippen LogP contribution in [-0.4, -0.2) is 65.7 Å². The van der Waals surface area contributed by atoms with Gasteiger partial charge in [0.25, 0.3) is 5.91 Å². The number of nitrogens with zero attached hydrogens (tertiary/aromatic N) is 4. The number of hydrazone groups is 1. The predicted octanol–water partition coefficient (Wildman–Crippen LogP) is 3.45. The van der Waals surface area contributed by atoms with E-state index < -0.39 is 17.2 Å². The van der Waals surface area contributed by atoms with Crippen molar-refractivity contribution in [2.45, 2.75) is 31.8 Å². The van der Waals surface area contributed by atoms with Gasteiger partial charge in [-0.3, -0.25) is 9.69 Å². The number of piperazine rings is 1. The number of carbonyl (C=O) groups is 1. The maximum atomic E-state index is 14.5. The molecule has 2 aromatic carbocycles. The van der Waals surface area contributed by atoms with Crippen molar-refractivity contribution in [3.8, 4) is 0 Å². The second-order valence-corrected chi connectivity index (χ2v) is 8.65. The minimum atomic E-state index is -0.784. The van der Waals surface area contributed by atoms with E-state index in [2.05, 4.69) is 21.9 Å². The van der Waals surface area contributed by atoms with Crippen LogP contribution >= 0.6 is 0 Å². The van der Waals surface area contributed by atoms with E-state index in [4.69, 9.17) is 0 Å². The number of halogens is 2. The van der Waals surface area contributed by atoms with Crippen LogP contribution in [0.4, 0.5) is 8.78 Å². The van der Waals surface area contributed by atoms with E-state index in [9.17, 15) is 13.6 Å². The summed E-state index contributed by atoms with van der Waals surface area (Å²) in [7, 11) is 2.07. The average Bonchev–Trinajstić information content (AvgIpc) is 3.14. The van der Waals surface area contributed by atoms with E-state index >= 15 is 0 Å². The van der Waals surface area contributed by atoms with Crippen LogP contribution in [0.25, 0.3) is 0 Å². The first-order chi connectivity index (χ1) is 14.8. The fourth-order valence-corrected chi connectivity index (χ4v) is 4.39. The summed E-state index contributed by atoms with van der Waals surface area (Å²) in [6.45, 7) is 7.23. The molecule has 2 aliphatic rings. The number of likely N-dealkylation sites (N-methyl/N-ethyl adjacent to an activating group) is 1. The second-order valence-electron chi connectivity index (χ2n) is 8.65.